The SMILES string of the molecule is Cl.N[C@H]1CCc2nc(NC(=O)COc3ccccc3)sc2C1. The number of carbonyl (C=O) groups is 1. The van der Waals surface area contributed by atoms with E-state index in [4.69, 9.17) is 10.5 Å². The number of nitrogens with two attached hydrogens (primary N) is 1. The number of anilines is 1. The van der Waals surface area contributed by atoms with Gasteiger partial charge in [-0.05, 0) is 31.4 Å². The fourth-order valence-electron chi connectivity index (χ4n) is 2.27. The second-order valence-electron chi connectivity index (χ2n) is 5.04. The number of nitrogens with zero attached hydrogens (tertiary/aromatic N) is 1. The van der Waals surface area contributed by atoms with Crippen molar-refractivity contribution in [3.63, 3.8) is 0 Å². The molecule has 1 aliphatic carbocycles. The number of aryl methyl sites for hydroxylation is 1. The van der Waals surface area contributed by atoms with E-state index in [1.165, 1.54) is 16.2 Å². The number of benzene rings is 1. The molecule has 7 heteroatoms. The summed E-state index contributed by atoms with van der Waals surface area (Å²) in [6.45, 7) is -0.0201. The lowest BCUT2D eigenvalue weighted by Gasteiger charge is -2.15. The third kappa shape index (κ3) is 4.19. The van der Waals surface area contributed by atoms with Crippen LogP contribution < -0.4 is 15.8 Å². The Balaban J connectivity index is 0.00000176. The number of aromatic nitrogens is 1. The van der Waals surface area contributed by atoms with Gasteiger partial charge in [0.25, 0.3) is 5.91 Å². The number of carbonyl (C=O) groups excluding carboxylic acids is 1. The van der Waals surface area contributed by atoms with Crippen LogP contribution in [0.25, 0.3) is 0 Å². The monoisotopic (exact) mass is 339 g/mol. The number of fused-ring (bicyclic) bond motifs is 1. The van der Waals surface area contributed by atoms with Gasteiger partial charge in [0, 0.05) is 10.9 Å². The lowest BCUT2D eigenvalue weighted by Crippen LogP contribution is -2.27. The van der Waals surface area contributed by atoms with Crippen molar-refractivity contribution in [2.75, 3.05) is 11.9 Å². The number of rotatable bonds is 4. The van der Waals surface area contributed by atoms with E-state index in [1.54, 1.807) is 0 Å². The van der Waals surface area contributed by atoms with Crippen LogP contribution in [0.2, 0.25) is 0 Å². The first-order valence-corrected chi connectivity index (χ1v) is 7.74. The molecule has 3 N–H and O–H groups in total. The zero-order valence-electron chi connectivity index (χ0n) is 12.0. The van der Waals surface area contributed by atoms with Crippen LogP contribution in [0, 0.1) is 0 Å². The Bertz CT molecular complexity index is 633. The van der Waals surface area contributed by atoms with Crippen LogP contribution in [0.15, 0.2) is 30.3 Å². The van der Waals surface area contributed by atoms with Crippen LogP contribution in [-0.2, 0) is 17.6 Å². The van der Waals surface area contributed by atoms with Crippen LogP contribution in [0.1, 0.15) is 17.0 Å². The molecular weight excluding hydrogens is 322 g/mol. The second-order valence-corrected chi connectivity index (χ2v) is 6.13. The summed E-state index contributed by atoms with van der Waals surface area (Å²) in [5, 5.41) is 3.42. The van der Waals surface area contributed by atoms with Gasteiger partial charge in [-0.2, -0.15) is 0 Å². The van der Waals surface area contributed by atoms with Crippen molar-refractivity contribution in [1.29, 1.82) is 0 Å². The molecule has 1 amide bonds. The van der Waals surface area contributed by atoms with E-state index in [2.05, 4.69) is 10.3 Å². The van der Waals surface area contributed by atoms with E-state index in [0.29, 0.717) is 10.9 Å². The number of para-hydroxylation sites is 1. The van der Waals surface area contributed by atoms with Crippen LogP contribution >= 0.6 is 23.7 Å². The largest absolute Gasteiger partial charge is 0.484 e. The third-order valence-corrected chi connectivity index (χ3v) is 4.37. The second kappa shape index (κ2) is 7.58. The van der Waals surface area contributed by atoms with Gasteiger partial charge in [0.2, 0.25) is 0 Å². The fraction of sp³-hybridized carbons (Fsp3) is 0.333. The molecule has 0 bridgehead atoms. The van der Waals surface area contributed by atoms with Crippen molar-refractivity contribution >= 4 is 34.8 Å². The van der Waals surface area contributed by atoms with E-state index in [1.807, 2.05) is 30.3 Å². The maximum absolute atomic E-state index is 11.9. The average molecular weight is 340 g/mol. The molecule has 0 spiro atoms. The summed E-state index contributed by atoms with van der Waals surface area (Å²) in [5.41, 5.74) is 7.01. The van der Waals surface area contributed by atoms with Gasteiger partial charge in [0.05, 0.1) is 5.69 Å². The van der Waals surface area contributed by atoms with E-state index in [9.17, 15) is 4.79 Å². The van der Waals surface area contributed by atoms with E-state index in [-0.39, 0.29) is 31.0 Å². The Morgan fingerprint density at radius 1 is 1.41 bits per heavy atom. The summed E-state index contributed by atoms with van der Waals surface area (Å²) in [4.78, 5) is 17.5. The number of nitrogens with one attached hydrogen (secondary N) is 1. The topological polar surface area (TPSA) is 77.2 Å². The number of hydrogen-bond donors (Lipinski definition) is 2. The van der Waals surface area contributed by atoms with Gasteiger partial charge in [-0.25, -0.2) is 4.98 Å². The molecule has 0 saturated carbocycles. The minimum Gasteiger partial charge on any atom is -0.484 e. The van der Waals surface area contributed by atoms with E-state index >= 15 is 0 Å². The summed E-state index contributed by atoms with van der Waals surface area (Å²) in [5.74, 6) is 0.478. The Morgan fingerprint density at radius 3 is 2.95 bits per heavy atom. The first-order valence-electron chi connectivity index (χ1n) is 6.92. The van der Waals surface area contributed by atoms with Crippen LogP contribution in [0.5, 0.6) is 5.75 Å². The average Bonchev–Trinajstić information content (AvgIpc) is 2.87. The molecule has 22 heavy (non-hydrogen) atoms. The maximum Gasteiger partial charge on any atom is 0.264 e. The Kier molecular flexibility index (Phi) is 5.76. The highest BCUT2D eigenvalue weighted by Gasteiger charge is 2.20. The van der Waals surface area contributed by atoms with Crippen molar-refractivity contribution < 1.29 is 9.53 Å². The third-order valence-electron chi connectivity index (χ3n) is 3.34. The van der Waals surface area contributed by atoms with Gasteiger partial charge in [0.15, 0.2) is 11.7 Å². The highest BCUT2D eigenvalue weighted by molar-refractivity contribution is 7.15. The predicted molar refractivity (Wildman–Crippen MR) is 89.9 cm³/mol. The van der Waals surface area contributed by atoms with Gasteiger partial charge >= 0.3 is 0 Å². The van der Waals surface area contributed by atoms with Crippen molar-refractivity contribution in [1.82, 2.24) is 4.98 Å². The van der Waals surface area contributed by atoms with Crippen molar-refractivity contribution in [3.8, 4) is 5.75 Å². The number of hydrogen-bond acceptors (Lipinski definition) is 5. The summed E-state index contributed by atoms with van der Waals surface area (Å²) < 4.78 is 5.40. The fourth-order valence-corrected chi connectivity index (χ4v) is 3.39. The molecular formula is C15H18ClN3O2S. The van der Waals surface area contributed by atoms with E-state index in [0.717, 1.165) is 25.0 Å². The molecule has 0 saturated heterocycles. The quantitative estimate of drug-likeness (QED) is 0.896. The van der Waals surface area contributed by atoms with Gasteiger partial charge in [-0.15, -0.1) is 23.7 Å². The first kappa shape index (κ1) is 16.7. The molecule has 0 unspecified atom stereocenters. The molecule has 1 aromatic heterocycles. The Hall–Kier alpha value is -1.63. The minimum atomic E-state index is -0.200. The zero-order valence-corrected chi connectivity index (χ0v) is 13.6. The summed E-state index contributed by atoms with van der Waals surface area (Å²) in [6, 6.07) is 9.48. The van der Waals surface area contributed by atoms with Crippen molar-refractivity contribution in [3.05, 3.63) is 40.9 Å². The molecule has 1 heterocycles. The van der Waals surface area contributed by atoms with Crippen molar-refractivity contribution in [2.45, 2.75) is 25.3 Å². The molecule has 118 valence electrons. The molecule has 1 atom stereocenters. The van der Waals surface area contributed by atoms with E-state index < -0.39 is 0 Å². The van der Waals surface area contributed by atoms with Gasteiger partial charge < -0.3 is 10.5 Å². The van der Waals surface area contributed by atoms with Gasteiger partial charge in [-0.3, -0.25) is 10.1 Å². The van der Waals surface area contributed by atoms with Crippen LogP contribution in [0.4, 0.5) is 5.13 Å². The van der Waals surface area contributed by atoms with Gasteiger partial charge in [0.1, 0.15) is 5.75 Å². The molecule has 5 nitrogen and oxygen atoms in total. The maximum atomic E-state index is 11.9. The summed E-state index contributed by atoms with van der Waals surface area (Å²) in [7, 11) is 0. The lowest BCUT2D eigenvalue weighted by atomic mass is 9.99. The summed E-state index contributed by atoms with van der Waals surface area (Å²) >= 11 is 1.51. The standard InChI is InChI=1S/C15H17N3O2S.ClH/c16-10-6-7-12-13(8-10)21-15(17-12)18-14(19)9-20-11-4-2-1-3-5-11;/h1-5,10H,6-9,16H2,(H,17,18,19);1H/t10-;/m0./s1. The molecule has 0 fully saturated rings. The van der Waals surface area contributed by atoms with Gasteiger partial charge in [-0.1, -0.05) is 18.2 Å². The first-order chi connectivity index (χ1) is 10.2. The number of halogens is 1. The number of amides is 1. The highest BCUT2D eigenvalue weighted by Crippen LogP contribution is 2.29. The summed E-state index contributed by atoms with van der Waals surface area (Å²) in [6.07, 6.45) is 2.70. The highest BCUT2D eigenvalue weighted by atomic mass is 35.5. The minimum absolute atomic E-state index is 0. The predicted octanol–water partition coefficient (Wildman–Crippen LogP) is 2.40. The van der Waals surface area contributed by atoms with Crippen LogP contribution in [-0.4, -0.2) is 23.5 Å². The normalized spacial score (nSPS) is 16.3. The Morgan fingerprint density at radius 2 is 2.18 bits per heavy atom. The zero-order chi connectivity index (χ0) is 14.7. The molecule has 3 rings (SSSR count). The number of ether oxygens (including phenoxy) is 1. The lowest BCUT2D eigenvalue weighted by molar-refractivity contribution is -0.118. The molecule has 1 aromatic carbocycles. The van der Waals surface area contributed by atoms with Crippen molar-refractivity contribution in [2.24, 2.45) is 5.73 Å². The molecule has 2 aromatic rings. The molecule has 0 radical (unpaired) electrons. The molecule has 0 aliphatic heterocycles. The number of thiazole rings is 1. The molecule has 1 aliphatic rings. The van der Waals surface area contributed by atoms with Crippen LogP contribution in [0.3, 0.4) is 0 Å². The smallest absolute Gasteiger partial charge is 0.264 e. The Labute approximate surface area is 139 Å².